The Kier molecular flexibility index (Phi) is 4.17. The number of rotatable bonds is 1. The highest BCUT2D eigenvalue weighted by atomic mass is 16.2. The molecule has 128 valence electrons. The van der Waals surface area contributed by atoms with Crippen LogP contribution < -0.4 is 5.32 Å². The molecule has 4 nitrogen and oxygen atoms in total. The molecule has 4 rings (SSSR count). The van der Waals surface area contributed by atoms with Crippen LogP contribution in [0.5, 0.6) is 0 Å². The maximum Gasteiger partial charge on any atom is 0.225 e. The van der Waals surface area contributed by atoms with Crippen molar-refractivity contribution in [2.24, 2.45) is 10.9 Å². The number of likely N-dealkylation sites (tertiary alicyclic amines) is 1. The van der Waals surface area contributed by atoms with E-state index in [9.17, 15) is 4.79 Å². The van der Waals surface area contributed by atoms with Crippen LogP contribution in [0.1, 0.15) is 43.2 Å². The van der Waals surface area contributed by atoms with Crippen molar-refractivity contribution >= 4 is 11.6 Å². The van der Waals surface area contributed by atoms with Crippen LogP contribution in [0.4, 0.5) is 0 Å². The van der Waals surface area contributed by atoms with Gasteiger partial charge in [0.1, 0.15) is 0 Å². The molecule has 1 aliphatic carbocycles. The van der Waals surface area contributed by atoms with Gasteiger partial charge in [0.2, 0.25) is 5.91 Å². The van der Waals surface area contributed by atoms with Crippen molar-refractivity contribution in [2.75, 3.05) is 33.2 Å². The van der Waals surface area contributed by atoms with Gasteiger partial charge in [-0.2, -0.15) is 0 Å². The van der Waals surface area contributed by atoms with E-state index in [0.29, 0.717) is 5.91 Å². The summed E-state index contributed by atoms with van der Waals surface area (Å²) < 4.78 is 0. The first-order valence-corrected chi connectivity index (χ1v) is 9.28. The number of carbonyl (C=O) groups is 1. The zero-order valence-electron chi connectivity index (χ0n) is 14.6. The largest absolute Gasteiger partial charge is 0.342 e. The number of nitrogens with zero attached hydrogens (tertiary/aromatic N) is 2. The van der Waals surface area contributed by atoms with E-state index < -0.39 is 0 Å². The normalized spacial score (nSPS) is 25.2. The van der Waals surface area contributed by atoms with Gasteiger partial charge >= 0.3 is 0 Å². The van der Waals surface area contributed by atoms with Crippen LogP contribution >= 0.6 is 0 Å². The number of carbonyl (C=O) groups excluding carboxylic acids is 1. The van der Waals surface area contributed by atoms with E-state index in [4.69, 9.17) is 0 Å². The summed E-state index contributed by atoms with van der Waals surface area (Å²) in [4.78, 5) is 19.5. The first-order chi connectivity index (χ1) is 11.7. The molecule has 1 spiro atoms. The minimum absolute atomic E-state index is 0.205. The molecule has 4 heteroatoms. The van der Waals surface area contributed by atoms with Crippen LogP contribution in [0.15, 0.2) is 29.3 Å². The summed E-state index contributed by atoms with van der Waals surface area (Å²) in [7, 11) is 1.90. The molecule has 0 saturated carbocycles. The van der Waals surface area contributed by atoms with Crippen LogP contribution in [0.2, 0.25) is 0 Å². The predicted octanol–water partition coefficient (Wildman–Crippen LogP) is 2.37. The first kappa shape index (κ1) is 15.8. The maximum atomic E-state index is 12.8. The molecular weight excluding hydrogens is 298 g/mol. The van der Waals surface area contributed by atoms with Crippen molar-refractivity contribution in [3.8, 4) is 0 Å². The van der Waals surface area contributed by atoms with Crippen LogP contribution in [-0.2, 0) is 10.2 Å². The first-order valence-electron chi connectivity index (χ1n) is 9.28. The highest BCUT2D eigenvalue weighted by Crippen LogP contribution is 2.46. The molecule has 2 aliphatic heterocycles. The molecule has 1 aromatic rings. The monoisotopic (exact) mass is 325 g/mol. The van der Waals surface area contributed by atoms with Crippen molar-refractivity contribution in [1.82, 2.24) is 10.2 Å². The Morgan fingerprint density at radius 3 is 2.62 bits per heavy atom. The van der Waals surface area contributed by atoms with Crippen LogP contribution in [0.25, 0.3) is 0 Å². The Bertz CT molecular complexity index is 653. The average Bonchev–Trinajstić information content (AvgIpc) is 2.96. The molecule has 24 heavy (non-hydrogen) atoms. The predicted molar refractivity (Wildman–Crippen MR) is 96.6 cm³/mol. The number of fused-ring (bicyclic) bond motifs is 2. The minimum atomic E-state index is 0.205. The highest BCUT2D eigenvalue weighted by molar-refractivity contribution is 6.06. The summed E-state index contributed by atoms with van der Waals surface area (Å²) in [6.07, 6.45) is 5.17. The quantitative estimate of drug-likeness (QED) is 0.861. The van der Waals surface area contributed by atoms with E-state index in [1.165, 1.54) is 16.8 Å². The molecule has 2 fully saturated rings. The molecule has 1 amide bonds. The number of hydrogen-bond donors (Lipinski definition) is 1. The van der Waals surface area contributed by atoms with Gasteiger partial charge in [-0.1, -0.05) is 24.3 Å². The third kappa shape index (κ3) is 2.57. The van der Waals surface area contributed by atoms with Gasteiger partial charge in [0.25, 0.3) is 0 Å². The Morgan fingerprint density at radius 1 is 1.21 bits per heavy atom. The van der Waals surface area contributed by atoms with E-state index in [0.717, 1.165) is 58.3 Å². The average molecular weight is 325 g/mol. The molecule has 0 unspecified atom stereocenters. The molecule has 0 bridgehead atoms. The lowest BCUT2D eigenvalue weighted by molar-refractivity contribution is -0.138. The fourth-order valence-corrected chi connectivity index (χ4v) is 4.84. The lowest BCUT2D eigenvalue weighted by atomic mass is 9.73. The van der Waals surface area contributed by atoms with Crippen LogP contribution in [0.3, 0.4) is 0 Å². The Hall–Kier alpha value is -1.68. The molecule has 1 aromatic carbocycles. The lowest BCUT2D eigenvalue weighted by Gasteiger charge is -2.41. The Balaban J connectivity index is 1.49. The van der Waals surface area contributed by atoms with E-state index >= 15 is 0 Å². The molecule has 0 aromatic heterocycles. The van der Waals surface area contributed by atoms with Gasteiger partial charge in [-0.15, -0.1) is 0 Å². The number of hydrogen-bond acceptors (Lipinski definition) is 3. The van der Waals surface area contributed by atoms with Crippen molar-refractivity contribution in [2.45, 2.75) is 37.5 Å². The summed E-state index contributed by atoms with van der Waals surface area (Å²) in [6, 6.07) is 8.74. The summed E-state index contributed by atoms with van der Waals surface area (Å²) in [5.74, 6) is 0.631. The SMILES string of the molecule is CN=C1CC2(CCN(C(=O)C3CCNCC3)CC2)c2ccccc21. The van der Waals surface area contributed by atoms with Crippen molar-refractivity contribution in [3.05, 3.63) is 35.4 Å². The minimum Gasteiger partial charge on any atom is -0.342 e. The molecular formula is C20H27N3O. The second-order valence-electron chi connectivity index (χ2n) is 7.52. The zero-order valence-corrected chi connectivity index (χ0v) is 14.6. The number of piperidine rings is 2. The second-order valence-corrected chi connectivity index (χ2v) is 7.52. The maximum absolute atomic E-state index is 12.8. The van der Waals surface area contributed by atoms with E-state index in [-0.39, 0.29) is 11.3 Å². The lowest BCUT2D eigenvalue weighted by Crippen LogP contribution is -2.48. The number of amides is 1. The molecule has 0 atom stereocenters. The van der Waals surface area contributed by atoms with Crippen molar-refractivity contribution < 1.29 is 4.79 Å². The topological polar surface area (TPSA) is 44.7 Å². The number of aliphatic imine (C=N–C) groups is 1. The standard InChI is InChI=1S/C20H27N3O/c1-21-18-14-20(17-5-3-2-4-16(17)18)8-12-23(13-9-20)19(24)15-6-10-22-11-7-15/h2-5,15,22H,6-14H2,1H3. The molecule has 2 saturated heterocycles. The third-order valence-corrected chi connectivity index (χ3v) is 6.31. The van der Waals surface area contributed by atoms with E-state index in [2.05, 4.69) is 39.5 Å². The molecule has 1 N–H and O–H groups in total. The molecule has 3 aliphatic rings. The smallest absolute Gasteiger partial charge is 0.225 e. The summed E-state index contributed by atoms with van der Waals surface area (Å²) in [5, 5.41) is 3.35. The van der Waals surface area contributed by atoms with Crippen LogP contribution in [-0.4, -0.2) is 49.7 Å². The van der Waals surface area contributed by atoms with Gasteiger partial charge in [0.05, 0.1) is 0 Å². The van der Waals surface area contributed by atoms with E-state index in [1.807, 2.05) is 7.05 Å². The summed E-state index contributed by atoms with van der Waals surface area (Å²) in [5.41, 5.74) is 4.23. The Labute approximate surface area is 144 Å². The third-order valence-electron chi connectivity index (χ3n) is 6.31. The van der Waals surface area contributed by atoms with Gasteiger partial charge in [-0.05, 0) is 56.3 Å². The fourth-order valence-electron chi connectivity index (χ4n) is 4.84. The zero-order chi connectivity index (χ0) is 16.6. The second kappa shape index (κ2) is 6.32. The fraction of sp³-hybridized carbons (Fsp3) is 0.600. The summed E-state index contributed by atoms with van der Waals surface area (Å²) in [6.45, 7) is 3.76. The number of nitrogens with one attached hydrogen (secondary N) is 1. The highest BCUT2D eigenvalue weighted by Gasteiger charge is 2.44. The molecule has 0 radical (unpaired) electrons. The van der Waals surface area contributed by atoms with Gasteiger partial charge in [-0.3, -0.25) is 9.79 Å². The number of benzene rings is 1. The van der Waals surface area contributed by atoms with Gasteiger partial charge in [0.15, 0.2) is 0 Å². The van der Waals surface area contributed by atoms with E-state index in [1.54, 1.807) is 0 Å². The van der Waals surface area contributed by atoms with Gasteiger partial charge in [-0.25, -0.2) is 0 Å². The van der Waals surface area contributed by atoms with Crippen LogP contribution in [0, 0.1) is 5.92 Å². The van der Waals surface area contributed by atoms with Gasteiger partial charge in [0, 0.05) is 37.2 Å². The van der Waals surface area contributed by atoms with Crippen molar-refractivity contribution in [1.29, 1.82) is 0 Å². The molecule has 2 heterocycles. The van der Waals surface area contributed by atoms with Crippen molar-refractivity contribution in [3.63, 3.8) is 0 Å². The Morgan fingerprint density at radius 2 is 1.92 bits per heavy atom. The van der Waals surface area contributed by atoms with Gasteiger partial charge < -0.3 is 10.2 Å². The summed E-state index contributed by atoms with van der Waals surface area (Å²) >= 11 is 0.